The van der Waals surface area contributed by atoms with E-state index in [1.165, 1.54) is 7.05 Å². The molecule has 2 N–H and O–H groups in total. The van der Waals surface area contributed by atoms with E-state index in [4.69, 9.17) is 5.26 Å². The number of hydrogen-bond acceptors (Lipinski definition) is 5. The van der Waals surface area contributed by atoms with Crippen LogP contribution in [0.3, 0.4) is 0 Å². The molecule has 1 aliphatic heterocycles. The molecule has 0 unspecified atom stereocenters. The SMILES string of the molecule is CNS(=O)(=O)c1ccc(CCC(=O)NC2CCN(c3ccc(C#N)cc3)CC2)cc1. The number of hydrogen-bond donors (Lipinski definition) is 2. The van der Waals surface area contributed by atoms with Crippen LogP contribution in [0.4, 0.5) is 5.69 Å². The van der Waals surface area contributed by atoms with Gasteiger partial charge in [-0.1, -0.05) is 12.1 Å². The van der Waals surface area contributed by atoms with Gasteiger partial charge in [-0.2, -0.15) is 5.26 Å². The first kappa shape index (κ1) is 21.8. The van der Waals surface area contributed by atoms with Gasteiger partial charge >= 0.3 is 0 Å². The van der Waals surface area contributed by atoms with Gasteiger partial charge in [-0.3, -0.25) is 4.79 Å². The topological polar surface area (TPSA) is 102 Å². The van der Waals surface area contributed by atoms with Crippen molar-refractivity contribution in [2.75, 3.05) is 25.0 Å². The molecule has 1 fully saturated rings. The second-order valence-corrected chi connectivity index (χ2v) is 9.23. The lowest BCUT2D eigenvalue weighted by molar-refractivity contribution is -0.121. The quantitative estimate of drug-likeness (QED) is 0.707. The van der Waals surface area contributed by atoms with Gasteiger partial charge in [0.15, 0.2) is 0 Å². The molecule has 0 radical (unpaired) electrons. The van der Waals surface area contributed by atoms with Crippen LogP contribution in [-0.2, 0) is 21.2 Å². The highest BCUT2D eigenvalue weighted by Crippen LogP contribution is 2.20. The highest BCUT2D eigenvalue weighted by atomic mass is 32.2. The molecular weight excluding hydrogens is 400 g/mol. The first-order valence-corrected chi connectivity index (χ1v) is 11.5. The first-order valence-electron chi connectivity index (χ1n) is 9.98. The summed E-state index contributed by atoms with van der Waals surface area (Å²) in [4.78, 5) is 14.8. The summed E-state index contributed by atoms with van der Waals surface area (Å²) >= 11 is 0. The minimum absolute atomic E-state index is 0.0127. The smallest absolute Gasteiger partial charge is 0.240 e. The minimum Gasteiger partial charge on any atom is -0.371 e. The largest absolute Gasteiger partial charge is 0.371 e. The van der Waals surface area contributed by atoms with Gasteiger partial charge in [0.25, 0.3) is 0 Å². The molecule has 1 aliphatic rings. The maximum absolute atomic E-state index is 12.3. The number of nitrogens with one attached hydrogen (secondary N) is 2. The van der Waals surface area contributed by atoms with E-state index in [-0.39, 0.29) is 16.8 Å². The van der Waals surface area contributed by atoms with Gasteiger partial charge in [0.1, 0.15) is 0 Å². The fraction of sp³-hybridized carbons (Fsp3) is 0.364. The van der Waals surface area contributed by atoms with E-state index < -0.39 is 10.0 Å². The molecule has 1 amide bonds. The Balaban J connectivity index is 1.43. The number of nitriles is 1. The summed E-state index contributed by atoms with van der Waals surface area (Å²) in [5.74, 6) is 0.0127. The zero-order valence-corrected chi connectivity index (χ0v) is 17.8. The average Bonchev–Trinajstić information content (AvgIpc) is 2.78. The van der Waals surface area contributed by atoms with Crippen molar-refractivity contribution in [3.8, 4) is 6.07 Å². The summed E-state index contributed by atoms with van der Waals surface area (Å²) in [5.41, 5.74) is 2.68. The van der Waals surface area contributed by atoms with Crippen LogP contribution in [0.25, 0.3) is 0 Å². The summed E-state index contributed by atoms with van der Waals surface area (Å²) in [6.07, 6.45) is 2.69. The van der Waals surface area contributed by atoms with Crippen LogP contribution in [0.2, 0.25) is 0 Å². The van der Waals surface area contributed by atoms with Crippen LogP contribution in [0.1, 0.15) is 30.4 Å². The average molecular weight is 427 g/mol. The predicted octanol–water partition coefficient (Wildman–Crippen LogP) is 2.18. The maximum Gasteiger partial charge on any atom is 0.240 e. The van der Waals surface area contributed by atoms with Crippen LogP contribution in [0.5, 0.6) is 0 Å². The highest BCUT2D eigenvalue weighted by molar-refractivity contribution is 7.89. The molecule has 3 rings (SSSR count). The Kier molecular flexibility index (Phi) is 7.08. The second-order valence-electron chi connectivity index (χ2n) is 7.34. The number of rotatable bonds is 7. The van der Waals surface area contributed by atoms with E-state index in [2.05, 4.69) is 21.0 Å². The van der Waals surface area contributed by atoms with Gasteiger partial charge in [-0.15, -0.1) is 0 Å². The maximum atomic E-state index is 12.3. The van der Waals surface area contributed by atoms with Crippen molar-refractivity contribution in [3.63, 3.8) is 0 Å². The van der Waals surface area contributed by atoms with Crippen molar-refractivity contribution in [1.29, 1.82) is 5.26 Å². The van der Waals surface area contributed by atoms with Gasteiger partial charge in [0.05, 0.1) is 16.5 Å². The van der Waals surface area contributed by atoms with E-state index in [9.17, 15) is 13.2 Å². The van der Waals surface area contributed by atoms with Gasteiger partial charge in [0, 0.05) is 31.2 Å². The van der Waals surface area contributed by atoms with Crippen molar-refractivity contribution in [1.82, 2.24) is 10.0 Å². The third kappa shape index (κ3) is 5.59. The Labute approximate surface area is 177 Å². The Bertz CT molecular complexity index is 1000. The van der Waals surface area contributed by atoms with E-state index >= 15 is 0 Å². The van der Waals surface area contributed by atoms with Crippen molar-refractivity contribution >= 4 is 21.6 Å². The van der Waals surface area contributed by atoms with Crippen molar-refractivity contribution in [2.45, 2.75) is 36.6 Å². The van der Waals surface area contributed by atoms with Crippen molar-refractivity contribution in [3.05, 3.63) is 59.7 Å². The van der Waals surface area contributed by atoms with Gasteiger partial charge in [-0.05, 0) is 68.3 Å². The standard InChI is InChI=1S/C22H26N4O3S/c1-24-30(28,29)21-9-4-17(5-10-21)6-11-22(27)25-19-12-14-26(15-13-19)20-7-2-18(16-23)3-8-20/h2-5,7-10,19,24H,6,11-15H2,1H3,(H,25,27). The van der Waals surface area contributed by atoms with E-state index in [0.29, 0.717) is 18.4 Å². The first-order chi connectivity index (χ1) is 14.4. The third-order valence-electron chi connectivity index (χ3n) is 5.36. The molecule has 7 nitrogen and oxygen atoms in total. The number of sulfonamides is 1. The minimum atomic E-state index is -3.44. The molecular formula is C22H26N4O3S. The fourth-order valence-electron chi connectivity index (χ4n) is 3.54. The third-order valence-corrected chi connectivity index (χ3v) is 6.79. The number of aryl methyl sites for hydroxylation is 1. The van der Waals surface area contributed by atoms with Gasteiger partial charge in [-0.25, -0.2) is 13.1 Å². The lowest BCUT2D eigenvalue weighted by Crippen LogP contribution is -2.44. The molecule has 0 aromatic heterocycles. The number of nitrogens with zero attached hydrogens (tertiary/aromatic N) is 2. The molecule has 30 heavy (non-hydrogen) atoms. The molecule has 158 valence electrons. The normalized spacial score (nSPS) is 14.9. The monoisotopic (exact) mass is 426 g/mol. The number of piperidine rings is 1. The fourth-order valence-corrected chi connectivity index (χ4v) is 4.27. The predicted molar refractivity (Wildman–Crippen MR) is 116 cm³/mol. The Hall–Kier alpha value is -2.89. The summed E-state index contributed by atoms with van der Waals surface area (Å²) in [6.45, 7) is 1.72. The summed E-state index contributed by atoms with van der Waals surface area (Å²) in [5, 5.41) is 12.0. The second kappa shape index (κ2) is 9.74. The molecule has 0 bridgehead atoms. The molecule has 0 saturated carbocycles. The zero-order valence-electron chi connectivity index (χ0n) is 17.0. The lowest BCUT2D eigenvalue weighted by Gasteiger charge is -2.34. The number of carbonyl (C=O) groups is 1. The van der Waals surface area contributed by atoms with Crippen molar-refractivity contribution < 1.29 is 13.2 Å². The van der Waals surface area contributed by atoms with Crippen LogP contribution < -0.4 is 14.9 Å². The van der Waals surface area contributed by atoms with E-state index in [1.54, 1.807) is 24.3 Å². The zero-order chi connectivity index (χ0) is 21.6. The molecule has 0 aliphatic carbocycles. The van der Waals surface area contributed by atoms with E-state index in [1.807, 2.05) is 24.3 Å². The Morgan fingerprint density at radius 1 is 1.10 bits per heavy atom. The number of anilines is 1. The molecule has 2 aromatic rings. The molecule has 0 spiro atoms. The molecule has 8 heteroatoms. The van der Waals surface area contributed by atoms with Crippen LogP contribution in [-0.4, -0.2) is 40.5 Å². The Morgan fingerprint density at radius 3 is 2.30 bits per heavy atom. The lowest BCUT2D eigenvalue weighted by atomic mass is 10.0. The number of amides is 1. The summed E-state index contributed by atoms with van der Waals surface area (Å²) in [7, 11) is -2.06. The highest BCUT2D eigenvalue weighted by Gasteiger charge is 2.21. The Morgan fingerprint density at radius 2 is 1.73 bits per heavy atom. The van der Waals surface area contributed by atoms with Crippen LogP contribution in [0, 0.1) is 11.3 Å². The van der Waals surface area contributed by atoms with E-state index in [0.717, 1.165) is 37.2 Å². The number of benzene rings is 2. The summed E-state index contributed by atoms with van der Waals surface area (Å²) in [6, 6.07) is 16.5. The van der Waals surface area contributed by atoms with Crippen LogP contribution >= 0.6 is 0 Å². The van der Waals surface area contributed by atoms with Crippen molar-refractivity contribution in [2.24, 2.45) is 0 Å². The molecule has 1 saturated heterocycles. The number of carbonyl (C=O) groups excluding carboxylic acids is 1. The van der Waals surface area contributed by atoms with Gasteiger partial charge in [0.2, 0.25) is 15.9 Å². The summed E-state index contributed by atoms with van der Waals surface area (Å²) < 4.78 is 25.8. The molecule has 0 atom stereocenters. The van der Waals surface area contributed by atoms with Crippen LogP contribution in [0.15, 0.2) is 53.4 Å². The molecule has 2 aromatic carbocycles. The molecule has 1 heterocycles. The van der Waals surface area contributed by atoms with Gasteiger partial charge < -0.3 is 10.2 Å².